The average Bonchev–Trinajstić information content (AvgIpc) is 2.35. The summed E-state index contributed by atoms with van der Waals surface area (Å²) in [7, 11) is 0. The summed E-state index contributed by atoms with van der Waals surface area (Å²) < 4.78 is 1.13. The van der Waals surface area contributed by atoms with E-state index in [9.17, 15) is 0 Å². The first-order valence-corrected chi connectivity index (χ1v) is 7.26. The molecule has 0 amide bonds. The third kappa shape index (κ3) is 7.22. The molecule has 1 aromatic carbocycles. The number of hydrogen-bond acceptors (Lipinski definition) is 1. The molecule has 0 heterocycles. The average molecular weight is 296 g/mol. The van der Waals surface area contributed by atoms with E-state index < -0.39 is 0 Å². The number of allylic oxidation sites excluding steroid dienone is 2. The molecule has 1 N–H and O–H groups in total. The van der Waals surface area contributed by atoms with Crippen molar-refractivity contribution in [3.05, 3.63) is 40.9 Å². The van der Waals surface area contributed by atoms with Crippen LogP contribution in [0.5, 0.6) is 0 Å². The molecule has 17 heavy (non-hydrogen) atoms. The van der Waals surface area contributed by atoms with E-state index >= 15 is 0 Å². The Morgan fingerprint density at radius 3 is 2.47 bits per heavy atom. The molecular formula is C15H22BrN. The van der Waals surface area contributed by atoms with Crippen molar-refractivity contribution in [2.75, 3.05) is 11.9 Å². The van der Waals surface area contributed by atoms with Gasteiger partial charge in [0, 0.05) is 16.7 Å². The summed E-state index contributed by atoms with van der Waals surface area (Å²) in [5.41, 5.74) is 1.20. The van der Waals surface area contributed by atoms with Gasteiger partial charge >= 0.3 is 0 Å². The molecule has 0 aromatic heterocycles. The number of rotatable bonds is 8. The van der Waals surface area contributed by atoms with Gasteiger partial charge < -0.3 is 5.32 Å². The fourth-order valence-electron chi connectivity index (χ4n) is 1.59. The summed E-state index contributed by atoms with van der Waals surface area (Å²) in [6.45, 7) is 3.27. The Labute approximate surface area is 113 Å². The van der Waals surface area contributed by atoms with E-state index in [1.807, 2.05) is 0 Å². The molecule has 0 aliphatic rings. The Morgan fingerprint density at radius 1 is 1.06 bits per heavy atom. The standard InChI is InChI=1S/C15H22BrN/c1-2-3-4-5-6-7-8-13-17-15-11-9-14(16)10-12-15/h4-5,9-12,17H,2-3,6-8,13H2,1H3. The highest BCUT2D eigenvalue weighted by Crippen LogP contribution is 2.14. The number of hydrogen-bond donors (Lipinski definition) is 1. The molecule has 0 bridgehead atoms. The van der Waals surface area contributed by atoms with Crippen LogP contribution in [0.25, 0.3) is 0 Å². The molecular weight excluding hydrogens is 274 g/mol. The molecule has 94 valence electrons. The fourth-order valence-corrected chi connectivity index (χ4v) is 1.85. The first-order valence-electron chi connectivity index (χ1n) is 6.47. The van der Waals surface area contributed by atoms with E-state index in [1.54, 1.807) is 0 Å². The molecule has 0 atom stereocenters. The SMILES string of the molecule is CCCC=CCCCCNc1ccc(Br)cc1. The molecule has 0 unspecified atom stereocenters. The van der Waals surface area contributed by atoms with E-state index in [0.29, 0.717) is 0 Å². The number of anilines is 1. The summed E-state index contributed by atoms with van der Waals surface area (Å²) in [5.74, 6) is 0. The second-order valence-electron chi connectivity index (χ2n) is 4.19. The number of unbranched alkanes of at least 4 members (excludes halogenated alkanes) is 3. The van der Waals surface area contributed by atoms with Crippen LogP contribution in [0.2, 0.25) is 0 Å². The zero-order chi connectivity index (χ0) is 12.3. The molecule has 0 saturated carbocycles. The molecule has 0 fully saturated rings. The first-order chi connectivity index (χ1) is 8.33. The highest BCUT2D eigenvalue weighted by Gasteiger charge is 1.91. The van der Waals surface area contributed by atoms with Crippen molar-refractivity contribution >= 4 is 21.6 Å². The van der Waals surface area contributed by atoms with Gasteiger partial charge in [0.1, 0.15) is 0 Å². The third-order valence-corrected chi connectivity index (χ3v) is 3.12. The molecule has 1 rings (SSSR count). The number of halogens is 1. The Morgan fingerprint density at radius 2 is 1.76 bits per heavy atom. The van der Waals surface area contributed by atoms with Gasteiger partial charge in [-0.3, -0.25) is 0 Å². The van der Waals surface area contributed by atoms with E-state index in [1.165, 1.54) is 37.8 Å². The van der Waals surface area contributed by atoms with Crippen molar-refractivity contribution in [2.24, 2.45) is 0 Å². The van der Waals surface area contributed by atoms with Gasteiger partial charge in [-0.15, -0.1) is 0 Å². The van der Waals surface area contributed by atoms with Crippen molar-refractivity contribution in [1.29, 1.82) is 0 Å². The summed E-state index contributed by atoms with van der Waals surface area (Å²) in [6, 6.07) is 8.34. The van der Waals surface area contributed by atoms with Crippen LogP contribution in [0.4, 0.5) is 5.69 Å². The maximum atomic E-state index is 3.43. The normalized spacial score (nSPS) is 10.9. The van der Waals surface area contributed by atoms with E-state index in [-0.39, 0.29) is 0 Å². The molecule has 0 radical (unpaired) electrons. The minimum atomic E-state index is 1.06. The van der Waals surface area contributed by atoms with Crippen molar-refractivity contribution in [1.82, 2.24) is 0 Å². The van der Waals surface area contributed by atoms with E-state index in [2.05, 4.69) is 64.6 Å². The van der Waals surface area contributed by atoms with Gasteiger partial charge in [0.2, 0.25) is 0 Å². The van der Waals surface area contributed by atoms with Crippen molar-refractivity contribution < 1.29 is 0 Å². The minimum absolute atomic E-state index is 1.06. The van der Waals surface area contributed by atoms with Crippen LogP contribution in [0.15, 0.2) is 40.9 Å². The summed E-state index contributed by atoms with van der Waals surface area (Å²) in [6.07, 6.45) is 10.8. The Kier molecular flexibility index (Phi) is 7.81. The van der Waals surface area contributed by atoms with Crippen molar-refractivity contribution in [3.8, 4) is 0 Å². The second-order valence-corrected chi connectivity index (χ2v) is 5.11. The highest BCUT2D eigenvalue weighted by molar-refractivity contribution is 9.10. The molecule has 0 aliphatic carbocycles. The summed E-state index contributed by atoms with van der Waals surface area (Å²) in [4.78, 5) is 0. The fraction of sp³-hybridized carbons (Fsp3) is 0.467. The van der Waals surface area contributed by atoms with Crippen LogP contribution in [0.1, 0.15) is 39.0 Å². The topological polar surface area (TPSA) is 12.0 Å². The van der Waals surface area contributed by atoms with E-state index in [4.69, 9.17) is 0 Å². The number of benzene rings is 1. The molecule has 1 nitrogen and oxygen atoms in total. The molecule has 0 saturated heterocycles. The molecule has 1 aromatic rings. The summed E-state index contributed by atoms with van der Waals surface area (Å²) in [5, 5.41) is 3.43. The van der Waals surface area contributed by atoms with Gasteiger partial charge in [-0.05, 0) is 49.9 Å². The lowest BCUT2D eigenvalue weighted by atomic mass is 10.2. The monoisotopic (exact) mass is 295 g/mol. The second kappa shape index (κ2) is 9.29. The third-order valence-electron chi connectivity index (χ3n) is 2.59. The number of nitrogens with one attached hydrogen (secondary N) is 1. The van der Waals surface area contributed by atoms with Crippen LogP contribution < -0.4 is 5.32 Å². The van der Waals surface area contributed by atoms with Crippen LogP contribution in [0, 0.1) is 0 Å². The maximum Gasteiger partial charge on any atom is 0.0340 e. The maximum absolute atomic E-state index is 3.43. The molecule has 2 heteroatoms. The van der Waals surface area contributed by atoms with Crippen LogP contribution in [-0.2, 0) is 0 Å². The van der Waals surface area contributed by atoms with Gasteiger partial charge in [0.15, 0.2) is 0 Å². The summed E-state index contributed by atoms with van der Waals surface area (Å²) >= 11 is 3.43. The lowest BCUT2D eigenvalue weighted by Crippen LogP contribution is -2.00. The Hall–Kier alpha value is -0.760. The van der Waals surface area contributed by atoms with Gasteiger partial charge in [0.25, 0.3) is 0 Å². The Bertz CT molecular complexity index is 316. The quantitative estimate of drug-likeness (QED) is 0.501. The van der Waals surface area contributed by atoms with Gasteiger partial charge in [-0.1, -0.05) is 41.4 Å². The first kappa shape index (κ1) is 14.3. The Balaban J connectivity index is 2.02. The zero-order valence-electron chi connectivity index (χ0n) is 10.6. The van der Waals surface area contributed by atoms with Crippen LogP contribution in [0.3, 0.4) is 0 Å². The van der Waals surface area contributed by atoms with Gasteiger partial charge in [-0.25, -0.2) is 0 Å². The molecule has 0 spiro atoms. The largest absolute Gasteiger partial charge is 0.385 e. The van der Waals surface area contributed by atoms with E-state index in [0.717, 1.165) is 11.0 Å². The van der Waals surface area contributed by atoms with Crippen molar-refractivity contribution in [2.45, 2.75) is 39.0 Å². The van der Waals surface area contributed by atoms with Gasteiger partial charge in [0.05, 0.1) is 0 Å². The minimum Gasteiger partial charge on any atom is -0.385 e. The predicted octanol–water partition coefficient (Wildman–Crippen LogP) is 5.39. The smallest absolute Gasteiger partial charge is 0.0340 e. The van der Waals surface area contributed by atoms with Crippen molar-refractivity contribution in [3.63, 3.8) is 0 Å². The zero-order valence-corrected chi connectivity index (χ0v) is 12.2. The molecule has 0 aliphatic heterocycles. The highest BCUT2D eigenvalue weighted by atomic mass is 79.9. The van der Waals surface area contributed by atoms with Crippen LogP contribution >= 0.6 is 15.9 Å². The predicted molar refractivity (Wildman–Crippen MR) is 80.5 cm³/mol. The van der Waals surface area contributed by atoms with Crippen LogP contribution in [-0.4, -0.2) is 6.54 Å². The van der Waals surface area contributed by atoms with Gasteiger partial charge in [-0.2, -0.15) is 0 Å². The lowest BCUT2D eigenvalue weighted by molar-refractivity contribution is 0.776. The lowest BCUT2D eigenvalue weighted by Gasteiger charge is -2.05.